The second-order valence-corrected chi connectivity index (χ2v) is 5.47. The lowest BCUT2D eigenvalue weighted by molar-refractivity contribution is -0.134. The standard InChI is InChI=1S/C10H20N2O3S/c1-2-16(14)8-3-11-9-10(13)12-4-6-15-7-5-12/h11H,2-9H2,1H3. The summed E-state index contributed by atoms with van der Waals surface area (Å²) in [4.78, 5) is 13.4. The molecule has 5 nitrogen and oxygen atoms in total. The molecule has 1 amide bonds. The lowest BCUT2D eigenvalue weighted by Gasteiger charge is -2.26. The van der Waals surface area contributed by atoms with Crippen LogP contribution in [-0.2, 0) is 20.3 Å². The molecular weight excluding hydrogens is 228 g/mol. The first-order chi connectivity index (χ1) is 7.74. The van der Waals surface area contributed by atoms with Gasteiger partial charge in [0.1, 0.15) is 0 Å². The van der Waals surface area contributed by atoms with Gasteiger partial charge in [0.05, 0.1) is 19.8 Å². The molecule has 6 heteroatoms. The fourth-order valence-electron chi connectivity index (χ4n) is 1.45. The van der Waals surface area contributed by atoms with E-state index in [1.165, 1.54) is 0 Å². The number of carbonyl (C=O) groups excluding carboxylic acids is 1. The third-order valence-electron chi connectivity index (χ3n) is 2.47. The van der Waals surface area contributed by atoms with Crippen LogP contribution in [0.25, 0.3) is 0 Å². The van der Waals surface area contributed by atoms with E-state index in [9.17, 15) is 9.00 Å². The fourth-order valence-corrected chi connectivity index (χ4v) is 2.11. The molecule has 0 aromatic heterocycles. The van der Waals surface area contributed by atoms with E-state index in [4.69, 9.17) is 4.74 Å². The Morgan fingerprint density at radius 2 is 2.12 bits per heavy atom. The second kappa shape index (κ2) is 7.76. The van der Waals surface area contributed by atoms with Gasteiger partial charge in [0.15, 0.2) is 0 Å². The van der Waals surface area contributed by atoms with Crippen molar-refractivity contribution in [2.45, 2.75) is 6.92 Å². The molecule has 0 saturated carbocycles. The minimum absolute atomic E-state index is 0.102. The zero-order valence-corrected chi connectivity index (χ0v) is 10.6. The van der Waals surface area contributed by atoms with Crippen LogP contribution in [0.5, 0.6) is 0 Å². The van der Waals surface area contributed by atoms with Crippen LogP contribution in [-0.4, -0.2) is 65.9 Å². The van der Waals surface area contributed by atoms with Gasteiger partial charge < -0.3 is 15.0 Å². The first kappa shape index (κ1) is 13.6. The largest absolute Gasteiger partial charge is 0.378 e. The molecule has 0 aromatic rings. The fraction of sp³-hybridized carbons (Fsp3) is 0.900. The molecule has 0 aliphatic carbocycles. The molecule has 1 saturated heterocycles. The first-order valence-corrected chi connectivity index (χ1v) is 7.14. The van der Waals surface area contributed by atoms with Gasteiger partial charge in [-0.05, 0) is 0 Å². The Hall–Kier alpha value is -0.460. The molecule has 94 valence electrons. The molecule has 1 N–H and O–H groups in total. The van der Waals surface area contributed by atoms with Gasteiger partial charge in [-0.2, -0.15) is 0 Å². The first-order valence-electron chi connectivity index (χ1n) is 5.65. The molecule has 1 aliphatic rings. The molecule has 0 aromatic carbocycles. The SMILES string of the molecule is CCS(=O)CCNCC(=O)N1CCOCC1. The highest BCUT2D eigenvalue weighted by atomic mass is 32.2. The van der Waals surface area contributed by atoms with E-state index >= 15 is 0 Å². The molecule has 0 bridgehead atoms. The minimum Gasteiger partial charge on any atom is -0.378 e. The predicted octanol–water partition coefficient (Wildman–Crippen LogP) is -0.797. The van der Waals surface area contributed by atoms with Crippen molar-refractivity contribution >= 4 is 16.7 Å². The Morgan fingerprint density at radius 1 is 1.44 bits per heavy atom. The molecule has 1 rings (SSSR count). The summed E-state index contributed by atoms with van der Waals surface area (Å²) < 4.78 is 16.3. The van der Waals surface area contributed by atoms with Crippen molar-refractivity contribution in [2.75, 3.05) is 50.9 Å². The van der Waals surface area contributed by atoms with Gasteiger partial charge in [-0.1, -0.05) is 6.92 Å². The van der Waals surface area contributed by atoms with Crippen molar-refractivity contribution in [3.63, 3.8) is 0 Å². The number of hydrogen-bond donors (Lipinski definition) is 1. The van der Waals surface area contributed by atoms with Gasteiger partial charge in [-0.25, -0.2) is 0 Å². The number of nitrogens with one attached hydrogen (secondary N) is 1. The van der Waals surface area contributed by atoms with Crippen LogP contribution >= 0.6 is 0 Å². The number of ether oxygens (including phenoxy) is 1. The van der Waals surface area contributed by atoms with E-state index in [2.05, 4.69) is 5.32 Å². The van der Waals surface area contributed by atoms with Crippen molar-refractivity contribution < 1.29 is 13.7 Å². The van der Waals surface area contributed by atoms with Crippen LogP contribution in [0.3, 0.4) is 0 Å². The van der Waals surface area contributed by atoms with Crippen molar-refractivity contribution in [1.29, 1.82) is 0 Å². The summed E-state index contributed by atoms with van der Waals surface area (Å²) in [5.74, 6) is 1.40. The summed E-state index contributed by atoms with van der Waals surface area (Å²) in [6.45, 7) is 5.49. The Morgan fingerprint density at radius 3 is 2.75 bits per heavy atom. The zero-order valence-electron chi connectivity index (χ0n) is 9.74. The summed E-state index contributed by atoms with van der Waals surface area (Å²) in [7, 11) is -0.754. The summed E-state index contributed by atoms with van der Waals surface area (Å²) in [5, 5.41) is 3.02. The maximum Gasteiger partial charge on any atom is 0.236 e. The molecule has 0 radical (unpaired) electrons. The molecule has 0 spiro atoms. The number of morpholine rings is 1. The number of hydrogen-bond acceptors (Lipinski definition) is 4. The Labute approximate surface area is 99.0 Å². The molecule has 1 heterocycles. The summed E-state index contributed by atoms with van der Waals surface area (Å²) in [6, 6.07) is 0. The number of rotatable bonds is 6. The molecule has 1 unspecified atom stereocenters. The number of amides is 1. The average molecular weight is 248 g/mol. The van der Waals surface area contributed by atoms with Crippen molar-refractivity contribution in [3.8, 4) is 0 Å². The maximum absolute atomic E-state index is 11.6. The van der Waals surface area contributed by atoms with E-state index in [1.807, 2.05) is 6.92 Å². The van der Waals surface area contributed by atoms with Crippen LogP contribution in [0.2, 0.25) is 0 Å². The van der Waals surface area contributed by atoms with Gasteiger partial charge in [0.2, 0.25) is 5.91 Å². The van der Waals surface area contributed by atoms with E-state index in [-0.39, 0.29) is 5.91 Å². The lowest BCUT2D eigenvalue weighted by Crippen LogP contribution is -2.45. The van der Waals surface area contributed by atoms with Crippen molar-refractivity contribution in [3.05, 3.63) is 0 Å². The third-order valence-corrected chi connectivity index (χ3v) is 3.77. The highest BCUT2D eigenvalue weighted by Crippen LogP contribution is 1.96. The van der Waals surface area contributed by atoms with Crippen LogP contribution in [0, 0.1) is 0 Å². The van der Waals surface area contributed by atoms with Gasteiger partial charge in [0.25, 0.3) is 0 Å². The molecule has 16 heavy (non-hydrogen) atoms. The Balaban J connectivity index is 2.07. The summed E-state index contributed by atoms with van der Waals surface area (Å²) >= 11 is 0. The zero-order chi connectivity index (χ0) is 11.8. The summed E-state index contributed by atoms with van der Waals surface area (Å²) in [5.41, 5.74) is 0. The molecule has 1 aliphatic heterocycles. The quantitative estimate of drug-likeness (QED) is 0.626. The van der Waals surface area contributed by atoms with Crippen LogP contribution in [0.4, 0.5) is 0 Å². The average Bonchev–Trinajstić information content (AvgIpc) is 2.35. The van der Waals surface area contributed by atoms with Gasteiger partial charge in [-0.3, -0.25) is 9.00 Å². The topological polar surface area (TPSA) is 58.6 Å². The predicted molar refractivity (Wildman–Crippen MR) is 63.8 cm³/mol. The van der Waals surface area contributed by atoms with Crippen LogP contribution in [0.1, 0.15) is 6.92 Å². The van der Waals surface area contributed by atoms with Crippen molar-refractivity contribution in [2.24, 2.45) is 0 Å². The third kappa shape index (κ3) is 5.05. The maximum atomic E-state index is 11.6. The van der Waals surface area contributed by atoms with E-state index in [1.54, 1.807) is 4.90 Å². The lowest BCUT2D eigenvalue weighted by atomic mass is 10.4. The second-order valence-electron chi connectivity index (χ2n) is 3.60. The monoisotopic (exact) mass is 248 g/mol. The van der Waals surface area contributed by atoms with Gasteiger partial charge >= 0.3 is 0 Å². The number of nitrogens with zero attached hydrogens (tertiary/aromatic N) is 1. The summed E-state index contributed by atoms with van der Waals surface area (Å²) in [6.07, 6.45) is 0. The van der Waals surface area contributed by atoms with Crippen LogP contribution in [0.15, 0.2) is 0 Å². The highest BCUT2D eigenvalue weighted by Gasteiger charge is 2.15. The van der Waals surface area contributed by atoms with Gasteiger partial charge in [-0.15, -0.1) is 0 Å². The van der Waals surface area contributed by atoms with E-state index in [0.717, 1.165) is 0 Å². The smallest absolute Gasteiger partial charge is 0.236 e. The number of carbonyl (C=O) groups is 1. The Bertz CT molecular complexity index is 242. The van der Waals surface area contributed by atoms with E-state index in [0.29, 0.717) is 50.9 Å². The normalized spacial score (nSPS) is 18.4. The van der Waals surface area contributed by atoms with Gasteiger partial charge in [0, 0.05) is 41.9 Å². The molecule has 1 atom stereocenters. The minimum atomic E-state index is -0.754. The van der Waals surface area contributed by atoms with Crippen molar-refractivity contribution in [1.82, 2.24) is 10.2 Å². The Kier molecular flexibility index (Phi) is 6.59. The molecular formula is C10H20N2O3S. The van der Waals surface area contributed by atoms with Crippen LogP contribution < -0.4 is 5.32 Å². The highest BCUT2D eigenvalue weighted by molar-refractivity contribution is 7.84. The molecule has 1 fully saturated rings. The van der Waals surface area contributed by atoms with E-state index < -0.39 is 10.8 Å².